The summed E-state index contributed by atoms with van der Waals surface area (Å²) in [6.45, 7) is 0.303. The Bertz CT molecular complexity index is 469. The normalized spacial score (nSPS) is 29.3. The zero-order valence-electron chi connectivity index (χ0n) is 10.5. The lowest BCUT2D eigenvalue weighted by Gasteiger charge is -2.29. The van der Waals surface area contributed by atoms with Gasteiger partial charge < -0.3 is 15.3 Å². The molecule has 0 aromatic carbocycles. The summed E-state index contributed by atoms with van der Waals surface area (Å²) in [7, 11) is -3.14. The number of carboxylic acids is 1. The molecule has 2 aliphatic heterocycles. The van der Waals surface area contributed by atoms with Crippen LogP contribution in [0.5, 0.6) is 0 Å². The SMILES string of the molecule is O=C(O)CN(C(=O)[C@@H]1CCCN1)C1CCS(=O)(=O)C1. The minimum absolute atomic E-state index is 0.0269. The van der Waals surface area contributed by atoms with Crippen molar-refractivity contribution in [3.63, 3.8) is 0 Å². The van der Waals surface area contributed by atoms with Gasteiger partial charge in [0.1, 0.15) is 6.54 Å². The maximum absolute atomic E-state index is 12.3. The predicted molar refractivity (Wildman–Crippen MR) is 67.4 cm³/mol. The van der Waals surface area contributed by atoms with Gasteiger partial charge in [-0.2, -0.15) is 0 Å². The van der Waals surface area contributed by atoms with Crippen LogP contribution < -0.4 is 5.32 Å². The summed E-state index contributed by atoms with van der Waals surface area (Å²) in [6, 6.07) is -0.876. The molecule has 19 heavy (non-hydrogen) atoms. The third-order valence-electron chi connectivity index (χ3n) is 3.60. The molecule has 2 aliphatic rings. The van der Waals surface area contributed by atoms with E-state index in [0.717, 1.165) is 13.0 Å². The van der Waals surface area contributed by atoms with E-state index < -0.39 is 28.4 Å². The Labute approximate surface area is 111 Å². The molecule has 7 nitrogen and oxygen atoms in total. The van der Waals surface area contributed by atoms with E-state index in [0.29, 0.717) is 12.8 Å². The lowest BCUT2D eigenvalue weighted by atomic mass is 10.1. The van der Waals surface area contributed by atoms with E-state index in [9.17, 15) is 18.0 Å². The van der Waals surface area contributed by atoms with Gasteiger partial charge in [0, 0.05) is 6.04 Å². The molecule has 0 radical (unpaired) electrons. The number of nitrogens with one attached hydrogen (secondary N) is 1. The highest BCUT2D eigenvalue weighted by Crippen LogP contribution is 2.20. The maximum Gasteiger partial charge on any atom is 0.323 e. The van der Waals surface area contributed by atoms with E-state index >= 15 is 0 Å². The molecular weight excluding hydrogens is 272 g/mol. The van der Waals surface area contributed by atoms with Gasteiger partial charge in [-0.05, 0) is 25.8 Å². The van der Waals surface area contributed by atoms with Crippen LogP contribution in [-0.2, 0) is 19.4 Å². The Morgan fingerprint density at radius 3 is 2.53 bits per heavy atom. The number of sulfone groups is 1. The van der Waals surface area contributed by atoms with Gasteiger partial charge in [-0.1, -0.05) is 0 Å². The monoisotopic (exact) mass is 290 g/mol. The number of nitrogens with zero attached hydrogens (tertiary/aromatic N) is 1. The van der Waals surface area contributed by atoms with Crippen LogP contribution in [0.3, 0.4) is 0 Å². The van der Waals surface area contributed by atoms with Crippen molar-refractivity contribution in [3.05, 3.63) is 0 Å². The third kappa shape index (κ3) is 3.44. The van der Waals surface area contributed by atoms with Crippen molar-refractivity contribution in [1.29, 1.82) is 0 Å². The van der Waals surface area contributed by atoms with Crippen molar-refractivity contribution in [1.82, 2.24) is 10.2 Å². The number of carbonyl (C=O) groups excluding carboxylic acids is 1. The van der Waals surface area contributed by atoms with Crippen LogP contribution in [0.25, 0.3) is 0 Å². The molecule has 2 atom stereocenters. The molecule has 2 rings (SSSR count). The summed E-state index contributed by atoms with van der Waals surface area (Å²) >= 11 is 0. The Kier molecular flexibility index (Phi) is 4.10. The van der Waals surface area contributed by atoms with Crippen LogP contribution in [0.1, 0.15) is 19.3 Å². The van der Waals surface area contributed by atoms with Gasteiger partial charge in [0.05, 0.1) is 17.5 Å². The first-order valence-electron chi connectivity index (χ1n) is 6.35. The predicted octanol–water partition coefficient (Wildman–Crippen LogP) is -1.16. The molecule has 2 fully saturated rings. The molecule has 0 bridgehead atoms. The molecule has 108 valence electrons. The molecule has 2 saturated heterocycles. The van der Waals surface area contributed by atoms with Crippen molar-refractivity contribution in [2.24, 2.45) is 0 Å². The topological polar surface area (TPSA) is 104 Å². The highest BCUT2D eigenvalue weighted by atomic mass is 32.2. The molecule has 2 heterocycles. The standard InChI is InChI=1S/C11H18N2O5S/c14-10(15)6-13(8-3-5-19(17,18)7-8)11(16)9-2-1-4-12-9/h8-9,12H,1-7H2,(H,14,15)/t8?,9-/m0/s1. The average Bonchev–Trinajstić information content (AvgIpc) is 2.94. The van der Waals surface area contributed by atoms with Gasteiger partial charge in [-0.15, -0.1) is 0 Å². The van der Waals surface area contributed by atoms with Crippen LogP contribution in [0, 0.1) is 0 Å². The van der Waals surface area contributed by atoms with Crippen molar-refractivity contribution >= 4 is 21.7 Å². The summed E-state index contributed by atoms with van der Waals surface area (Å²) in [5.74, 6) is -1.50. The van der Waals surface area contributed by atoms with Crippen molar-refractivity contribution in [3.8, 4) is 0 Å². The number of aliphatic carboxylic acids is 1. The summed E-state index contributed by atoms with van der Waals surface area (Å²) < 4.78 is 22.9. The first-order valence-corrected chi connectivity index (χ1v) is 8.17. The quantitative estimate of drug-likeness (QED) is 0.677. The fraction of sp³-hybridized carbons (Fsp3) is 0.818. The van der Waals surface area contributed by atoms with E-state index in [1.165, 1.54) is 4.90 Å². The minimum atomic E-state index is -3.14. The number of amides is 1. The van der Waals surface area contributed by atoms with Crippen LogP contribution >= 0.6 is 0 Å². The molecule has 1 unspecified atom stereocenters. The van der Waals surface area contributed by atoms with Crippen LogP contribution in [0.2, 0.25) is 0 Å². The largest absolute Gasteiger partial charge is 0.480 e. The molecule has 2 N–H and O–H groups in total. The van der Waals surface area contributed by atoms with Crippen LogP contribution in [0.4, 0.5) is 0 Å². The fourth-order valence-electron chi connectivity index (χ4n) is 2.65. The molecule has 0 aliphatic carbocycles. The fourth-order valence-corrected chi connectivity index (χ4v) is 4.38. The first kappa shape index (κ1) is 14.3. The van der Waals surface area contributed by atoms with Gasteiger partial charge in [0.15, 0.2) is 9.84 Å². The molecule has 8 heteroatoms. The van der Waals surface area contributed by atoms with E-state index in [2.05, 4.69) is 5.32 Å². The maximum atomic E-state index is 12.3. The highest BCUT2D eigenvalue weighted by Gasteiger charge is 2.38. The van der Waals surface area contributed by atoms with E-state index in [-0.39, 0.29) is 23.5 Å². The number of carboxylic acid groups (broad SMARTS) is 1. The first-order chi connectivity index (χ1) is 8.89. The van der Waals surface area contributed by atoms with Crippen molar-refractivity contribution < 1.29 is 23.1 Å². The smallest absolute Gasteiger partial charge is 0.323 e. The Balaban J connectivity index is 2.11. The van der Waals surface area contributed by atoms with E-state index in [4.69, 9.17) is 5.11 Å². The second-order valence-corrected chi connectivity index (χ2v) is 7.29. The van der Waals surface area contributed by atoms with Crippen molar-refractivity contribution in [2.45, 2.75) is 31.3 Å². The molecule has 0 saturated carbocycles. The van der Waals surface area contributed by atoms with Crippen LogP contribution in [0.15, 0.2) is 0 Å². The Hall–Kier alpha value is -1.15. The van der Waals surface area contributed by atoms with E-state index in [1.807, 2.05) is 0 Å². The van der Waals surface area contributed by atoms with Gasteiger partial charge in [-0.25, -0.2) is 8.42 Å². The lowest BCUT2D eigenvalue weighted by molar-refractivity contribution is -0.146. The highest BCUT2D eigenvalue weighted by molar-refractivity contribution is 7.91. The van der Waals surface area contributed by atoms with Gasteiger partial charge in [0.2, 0.25) is 5.91 Å². The summed E-state index contributed by atoms with van der Waals surface area (Å²) in [5, 5.41) is 11.9. The average molecular weight is 290 g/mol. The third-order valence-corrected chi connectivity index (χ3v) is 5.35. The zero-order valence-corrected chi connectivity index (χ0v) is 11.4. The summed E-state index contributed by atoms with van der Waals surface area (Å²) in [5.41, 5.74) is 0. The summed E-state index contributed by atoms with van der Waals surface area (Å²) in [4.78, 5) is 24.4. The minimum Gasteiger partial charge on any atom is -0.480 e. The van der Waals surface area contributed by atoms with Crippen molar-refractivity contribution in [2.75, 3.05) is 24.6 Å². The van der Waals surface area contributed by atoms with Gasteiger partial charge >= 0.3 is 5.97 Å². The molecular formula is C11H18N2O5S. The molecule has 0 aromatic rings. The van der Waals surface area contributed by atoms with Gasteiger partial charge in [-0.3, -0.25) is 9.59 Å². The lowest BCUT2D eigenvalue weighted by Crippen LogP contribution is -2.50. The molecule has 1 amide bonds. The van der Waals surface area contributed by atoms with E-state index in [1.54, 1.807) is 0 Å². The number of rotatable bonds is 4. The number of hydrogen-bond acceptors (Lipinski definition) is 5. The Morgan fingerprint density at radius 1 is 1.32 bits per heavy atom. The summed E-state index contributed by atoms with van der Waals surface area (Å²) in [6.07, 6.45) is 1.88. The Morgan fingerprint density at radius 2 is 2.05 bits per heavy atom. The second-order valence-electron chi connectivity index (χ2n) is 5.07. The van der Waals surface area contributed by atoms with Crippen LogP contribution in [-0.4, -0.2) is 67.0 Å². The van der Waals surface area contributed by atoms with Gasteiger partial charge in [0.25, 0.3) is 0 Å². The zero-order chi connectivity index (χ0) is 14.0. The number of hydrogen-bond donors (Lipinski definition) is 2. The second kappa shape index (κ2) is 5.46. The number of carbonyl (C=O) groups is 2. The molecule has 0 aromatic heterocycles. The molecule has 0 spiro atoms.